The largest absolute Gasteiger partial charge is 0.379 e. The summed E-state index contributed by atoms with van der Waals surface area (Å²) in [7, 11) is 0. The molecule has 0 amide bonds. The van der Waals surface area contributed by atoms with Crippen LogP contribution in [0.2, 0.25) is 0 Å². The maximum absolute atomic E-state index is 5.37. The van der Waals surface area contributed by atoms with Crippen LogP contribution in [-0.2, 0) is 18.9 Å². The molecule has 0 aromatic carbocycles. The van der Waals surface area contributed by atoms with Gasteiger partial charge in [0.05, 0.1) is 30.5 Å². The lowest BCUT2D eigenvalue weighted by molar-refractivity contribution is 0.0300. The monoisotopic (exact) mass is 464 g/mol. The lowest BCUT2D eigenvalue weighted by Crippen LogP contribution is -2.09. The van der Waals surface area contributed by atoms with Gasteiger partial charge in [-0.25, -0.2) is 0 Å². The van der Waals surface area contributed by atoms with Crippen LogP contribution in [0.4, 0.5) is 0 Å². The van der Waals surface area contributed by atoms with Crippen molar-refractivity contribution in [2.24, 2.45) is 11.8 Å². The van der Waals surface area contributed by atoms with E-state index in [9.17, 15) is 0 Å². The maximum atomic E-state index is 5.37. The molecule has 0 radical (unpaired) electrons. The van der Waals surface area contributed by atoms with Crippen LogP contribution in [0.3, 0.4) is 0 Å². The van der Waals surface area contributed by atoms with Crippen molar-refractivity contribution in [1.82, 2.24) is 0 Å². The summed E-state index contributed by atoms with van der Waals surface area (Å²) < 4.78 is 20.8. The van der Waals surface area contributed by atoms with Gasteiger partial charge in [-0.05, 0) is 107 Å². The number of ether oxygens (including phenoxy) is 4. The van der Waals surface area contributed by atoms with Crippen molar-refractivity contribution in [1.29, 1.82) is 0 Å². The number of rotatable bonds is 10. The van der Waals surface area contributed by atoms with Crippen LogP contribution in [0.15, 0.2) is 0 Å². The fraction of sp³-hybridized carbons (Fsp3) is 1.00. The molecule has 0 atom stereocenters. The van der Waals surface area contributed by atoms with Crippen molar-refractivity contribution in [3.05, 3.63) is 0 Å². The van der Waals surface area contributed by atoms with Crippen LogP contribution in [-0.4, -0.2) is 50.3 Å². The predicted octanol–water partition coefficient (Wildman–Crippen LogP) is 8.56. The second kappa shape index (κ2) is 28.9. The van der Waals surface area contributed by atoms with Crippen molar-refractivity contribution in [2.45, 2.75) is 154 Å². The molecule has 0 bridgehead atoms. The zero-order valence-corrected chi connectivity index (χ0v) is 24.9. The molecule has 1 fully saturated rings. The van der Waals surface area contributed by atoms with Crippen LogP contribution in [0.1, 0.15) is 123 Å². The summed E-state index contributed by atoms with van der Waals surface area (Å²) in [5, 5.41) is 0. The molecule has 0 saturated heterocycles. The summed E-state index contributed by atoms with van der Waals surface area (Å²) in [5.74, 6) is 1.75. The summed E-state index contributed by atoms with van der Waals surface area (Å²) in [6.45, 7) is 33.8. The van der Waals surface area contributed by atoms with Gasteiger partial charge in [0.15, 0.2) is 0 Å². The molecule has 0 aromatic rings. The molecular weight excluding hydrogens is 400 g/mol. The van der Waals surface area contributed by atoms with Crippen molar-refractivity contribution < 1.29 is 18.9 Å². The Balaban J connectivity index is -0.000000156. The first-order chi connectivity index (χ1) is 14.7. The molecule has 0 heterocycles. The van der Waals surface area contributed by atoms with Crippen molar-refractivity contribution in [3.8, 4) is 0 Å². The van der Waals surface area contributed by atoms with E-state index < -0.39 is 0 Å². The van der Waals surface area contributed by atoms with Gasteiger partial charge in [0.25, 0.3) is 0 Å². The number of hydrogen-bond acceptors (Lipinski definition) is 4. The summed E-state index contributed by atoms with van der Waals surface area (Å²) in [4.78, 5) is 0. The van der Waals surface area contributed by atoms with Gasteiger partial charge in [-0.3, -0.25) is 0 Å². The Morgan fingerprint density at radius 3 is 1.06 bits per heavy atom. The lowest BCUT2D eigenvalue weighted by Gasteiger charge is -2.09. The molecule has 1 aliphatic rings. The van der Waals surface area contributed by atoms with Crippen molar-refractivity contribution in [3.63, 3.8) is 0 Å². The van der Waals surface area contributed by atoms with E-state index in [0.29, 0.717) is 30.5 Å². The minimum Gasteiger partial charge on any atom is -0.379 e. The highest BCUT2D eigenvalue weighted by Crippen LogP contribution is 2.29. The van der Waals surface area contributed by atoms with Crippen LogP contribution >= 0.6 is 0 Å². The minimum absolute atomic E-state index is 0.375. The first-order valence-corrected chi connectivity index (χ1v) is 13.2. The topological polar surface area (TPSA) is 36.9 Å². The van der Waals surface area contributed by atoms with Gasteiger partial charge in [-0.1, -0.05) is 27.7 Å². The van der Waals surface area contributed by atoms with E-state index >= 15 is 0 Å². The molecule has 1 rings (SSSR count). The van der Waals surface area contributed by atoms with Crippen LogP contribution < -0.4 is 0 Å². The molecular formula is C28H64O4. The van der Waals surface area contributed by atoms with Gasteiger partial charge in [-0.2, -0.15) is 0 Å². The fourth-order valence-electron chi connectivity index (χ4n) is 1.84. The molecule has 32 heavy (non-hydrogen) atoms. The average molecular weight is 465 g/mol. The maximum Gasteiger partial charge on any atom is 0.0522 e. The SMILES string of the molecule is CC(C)C.CC(C)OC(C)C.CC(C)OCC1CC1.CCCOC(C)C.CCOC(C)C. The zero-order chi connectivity index (χ0) is 26.1. The third-order valence-corrected chi connectivity index (χ3v) is 3.06. The molecule has 0 spiro atoms. The Bertz CT molecular complexity index is 298. The Hall–Kier alpha value is -0.160. The first-order valence-electron chi connectivity index (χ1n) is 13.2. The Morgan fingerprint density at radius 1 is 0.562 bits per heavy atom. The third-order valence-electron chi connectivity index (χ3n) is 3.06. The van der Waals surface area contributed by atoms with E-state index in [2.05, 4.69) is 55.4 Å². The van der Waals surface area contributed by atoms with Crippen LogP contribution in [0.5, 0.6) is 0 Å². The summed E-state index contributed by atoms with van der Waals surface area (Å²) in [5.41, 5.74) is 0. The first kappa shape index (κ1) is 39.1. The van der Waals surface area contributed by atoms with E-state index in [1.54, 1.807) is 0 Å². The molecule has 1 aliphatic carbocycles. The zero-order valence-electron chi connectivity index (χ0n) is 24.9. The summed E-state index contributed by atoms with van der Waals surface area (Å²) in [6, 6.07) is 0. The van der Waals surface area contributed by atoms with Gasteiger partial charge in [-0.15, -0.1) is 0 Å². The summed E-state index contributed by atoms with van der Waals surface area (Å²) in [6.07, 6.45) is 5.89. The Labute approximate surface area is 204 Å². The highest BCUT2D eigenvalue weighted by atomic mass is 16.5. The van der Waals surface area contributed by atoms with Gasteiger partial charge in [0, 0.05) is 19.8 Å². The Kier molecular flexibility index (Phi) is 35.3. The van der Waals surface area contributed by atoms with E-state index in [4.69, 9.17) is 18.9 Å². The third kappa shape index (κ3) is 69.9. The average Bonchev–Trinajstić information content (AvgIpc) is 3.42. The highest BCUT2D eigenvalue weighted by Gasteiger charge is 2.21. The van der Waals surface area contributed by atoms with Gasteiger partial charge >= 0.3 is 0 Å². The van der Waals surface area contributed by atoms with Gasteiger partial charge < -0.3 is 18.9 Å². The van der Waals surface area contributed by atoms with Crippen LogP contribution in [0.25, 0.3) is 0 Å². The van der Waals surface area contributed by atoms with Gasteiger partial charge in [0.1, 0.15) is 0 Å². The molecule has 1 saturated carbocycles. The lowest BCUT2D eigenvalue weighted by atomic mass is 10.3. The molecule has 0 aromatic heterocycles. The van der Waals surface area contributed by atoms with E-state index in [1.165, 1.54) is 12.8 Å². The molecule has 0 aliphatic heterocycles. The fourth-order valence-corrected chi connectivity index (χ4v) is 1.84. The highest BCUT2D eigenvalue weighted by molar-refractivity contribution is 4.72. The molecule has 4 heteroatoms. The van der Waals surface area contributed by atoms with E-state index in [1.807, 2.05) is 48.5 Å². The van der Waals surface area contributed by atoms with E-state index in [-0.39, 0.29) is 0 Å². The quantitative estimate of drug-likeness (QED) is 0.324. The number of hydrogen-bond donors (Lipinski definition) is 0. The molecule has 0 unspecified atom stereocenters. The molecule has 200 valence electrons. The van der Waals surface area contributed by atoms with Crippen LogP contribution in [0, 0.1) is 11.8 Å². The van der Waals surface area contributed by atoms with Crippen molar-refractivity contribution in [2.75, 3.05) is 19.8 Å². The summed E-state index contributed by atoms with van der Waals surface area (Å²) >= 11 is 0. The minimum atomic E-state index is 0.375. The smallest absolute Gasteiger partial charge is 0.0522 e. The Morgan fingerprint density at radius 2 is 0.938 bits per heavy atom. The standard InChI is InChI=1S/C7H14O.2C6H14O.C5H12O.C4H10/c1-6(2)8-5-7-3-4-7;1-5(2)7-6(3)4;1-4-5-7-6(2)3;1-4-6-5(2)3;1-4(2)3/h6-7H,3-5H2,1-2H3;5-6H,1-4H3;6H,4-5H2,1-3H3;5H,4H2,1-3H3;4H,1-3H3. The second-order valence-electron chi connectivity index (χ2n) is 10.2. The predicted molar refractivity (Wildman–Crippen MR) is 144 cm³/mol. The molecule has 4 nitrogen and oxygen atoms in total. The second-order valence-corrected chi connectivity index (χ2v) is 10.2. The van der Waals surface area contributed by atoms with Gasteiger partial charge in [0.2, 0.25) is 0 Å². The van der Waals surface area contributed by atoms with Crippen molar-refractivity contribution >= 4 is 0 Å². The normalized spacial score (nSPS) is 12.7. The molecule has 0 N–H and O–H groups in total. The van der Waals surface area contributed by atoms with E-state index in [0.717, 1.165) is 38.1 Å².